The summed E-state index contributed by atoms with van der Waals surface area (Å²) in [4.78, 5) is 24.4. The summed E-state index contributed by atoms with van der Waals surface area (Å²) in [5, 5.41) is 18.6. The van der Waals surface area contributed by atoms with Crippen LogP contribution in [-0.4, -0.2) is 51.8 Å². The van der Waals surface area contributed by atoms with Gasteiger partial charge in [0.25, 0.3) is 5.91 Å². The molecule has 0 aliphatic carbocycles. The van der Waals surface area contributed by atoms with Crippen molar-refractivity contribution < 1.29 is 28.9 Å². The van der Waals surface area contributed by atoms with Gasteiger partial charge in [-0.05, 0) is 19.1 Å². The summed E-state index contributed by atoms with van der Waals surface area (Å²) >= 11 is 0. The number of carboxylic acids is 1. The maximum Gasteiger partial charge on any atom is 0.326 e. The average Bonchev–Trinajstić information content (AvgIpc) is 2.80. The average molecular weight is 297 g/mol. The van der Waals surface area contributed by atoms with Gasteiger partial charge in [0.2, 0.25) is 0 Å². The molecule has 0 bridgehead atoms. The number of hydrogen-bond acceptors (Lipinski definition) is 4. The number of halogens is 1. The van der Waals surface area contributed by atoms with Gasteiger partial charge in [-0.2, -0.15) is 0 Å². The first-order valence-electron chi connectivity index (χ1n) is 6.52. The first-order chi connectivity index (χ1) is 9.88. The van der Waals surface area contributed by atoms with E-state index in [0.29, 0.717) is 0 Å². The van der Waals surface area contributed by atoms with E-state index in [1.165, 1.54) is 25.1 Å². The summed E-state index contributed by atoms with van der Waals surface area (Å²) in [6, 6.07) is 4.27. The van der Waals surface area contributed by atoms with E-state index in [1.54, 1.807) is 0 Å². The lowest BCUT2D eigenvalue weighted by Crippen LogP contribution is -2.46. The van der Waals surface area contributed by atoms with Gasteiger partial charge in [0.1, 0.15) is 17.6 Å². The van der Waals surface area contributed by atoms with Crippen LogP contribution < -0.4 is 4.74 Å². The molecule has 6 nitrogen and oxygen atoms in total. The molecule has 3 unspecified atom stereocenters. The lowest BCUT2D eigenvalue weighted by atomic mass is 10.2. The van der Waals surface area contributed by atoms with E-state index in [0.717, 1.165) is 11.0 Å². The number of carbonyl (C=O) groups excluding carboxylic acids is 1. The Bertz CT molecular complexity index is 550. The minimum atomic E-state index is -1.17. The van der Waals surface area contributed by atoms with Gasteiger partial charge in [-0.3, -0.25) is 4.79 Å². The number of aliphatic hydroxyl groups is 1. The highest BCUT2D eigenvalue weighted by Crippen LogP contribution is 2.21. The molecular formula is C14H16FNO5. The Labute approximate surface area is 120 Å². The van der Waals surface area contributed by atoms with Crippen molar-refractivity contribution in [2.45, 2.75) is 31.6 Å². The molecule has 1 saturated heterocycles. The number of benzene rings is 1. The second-order valence-corrected chi connectivity index (χ2v) is 4.95. The number of carboxylic acid groups (broad SMARTS) is 1. The first-order valence-corrected chi connectivity index (χ1v) is 6.52. The summed E-state index contributed by atoms with van der Waals surface area (Å²) < 4.78 is 18.4. The van der Waals surface area contributed by atoms with Crippen molar-refractivity contribution in [3.05, 3.63) is 30.1 Å². The van der Waals surface area contributed by atoms with Gasteiger partial charge >= 0.3 is 5.97 Å². The van der Waals surface area contributed by atoms with Crippen LogP contribution in [0, 0.1) is 5.82 Å². The fourth-order valence-electron chi connectivity index (χ4n) is 2.32. The van der Waals surface area contributed by atoms with E-state index in [9.17, 15) is 19.1 Å². The summed E-state index contributed by atoms with van der Waals surface area (Å²) in [5.74, 6) is -2.03. The second-order valence-electron chi connectivity index (χ2n) is 4.95. The molecule has 2 rings (SSSR count). The van der Waals surface area contributed by atoms with Crippen molar-refractivity contribution in [1.82, 2.24) is 4.90 Å². The standard InChI is InChI=1S/C14H16FNO5/c1-8(21-11-4-2-3-9(15)5-11)13(18)16-7-10(17)6-12(16)14(19)20/h2-5,8,10,12,17H,6-7H2,1H3,(H,19,20). The molecule has 1 aromatic carbocycles. The normalized spacial score (nSPS) is 22.9. The molecule has 2 N–H and O–H groups in total. The van der Waals surface area contributed by atoms with Crippen LogP contribution in [0.1, 0.15) is 13.3 Å². The molecule has 1 heterocycles. The van der Waals surface area contributed by atoms with Gasteiger partial charge in [-0.15, -0.1) is 0 Å². The molecule has 114 valence electrons. The molecule has 1 aromatic rings. The maximum absolute atomic E-state index is 13.1. The van der Waals surface area contributed by atoms with Crippen molar-refractivity contribution in [2.24, 2.45) is 0 Å². The summed E-state index contributed by atoms with van der Waals surface area (Å²) in [6.45, 7) is 1.41. The highest BCUT2D eigenvalue weighted by molar-refractivity contribution is 5.87. The molecule has 0 aromatic heterocycles. The van der Waals surface area contributed by atoms with E-state index in [1.807, 2.05) is 0 Å². The number of hydrogen-bond donors (Lipinski definition) is 2. The number of likely N-dealkylation sites (tertiary alicyclic amines) is 1. The monoisotopic (exact) mass is 297 g/mol. The Morgan fingerprint density at radius 3 is 2.81 bits per heavy atom. The van der Waals surface area contributed by atoms with E-state index < -0.39 is 35.9 Å². The molecule has 0 radical (unpaired) electrons. The van der Waals surface area contributed by atoms with E-state index in [-0.39, 0.29) is 18.7 Å². The van der Waals surface area contributed by atoms with Crippen LogP contribution in [0.2, 0.25) is 0 Å². The summed E-state index contributed by atoms with van der Waals surface area (Å²) in [7, 11) is 0. The third-order valence-corrected chi connectivity index (χ3v) is 3.30. The molecule has 1 amide bonds. The van der Waals surface area contributed by atoms with Crippen LogP contribution in [0.15, 0.2) is 24.3 Å². The minimum Gasteiger partial charge on any atom is -0.481 e. The highest BCUT2D eigenvalue weighted by Gasteiger charge is 2.40. The number of amides is 1. The Morgan fingerprint density at radius 2 is 2.19 bits per heavy atom. The molecular weight excluding hydrogens is 281 g/mol. The largest absolute Gasteiger partial charge is 0.481 e. The second kappa shape index (κ2) is 6.09. The zero-order valence-electron chi connectivity index (χ0n) is 11.4. The van der Waals surface area contributed by atoms with E-state index in [4.69, 9.17) is 9.84 Å². The Kier molecular flexibility index (Phi) is 4.42. The topological polar surface area (TPSA) is 87.1 Å². The number of nitrogens with zero attached hydrogens (tertiary/aromatic N) is 1. The van der Waals surface area contributed by atoms with Gasteiger partial charge in [0, 0.05) is 19.0 Å². The number of β-amino-alcohol motifs (C(OH)–C–C–N with tert-alkyl or cyclic N) is 1. The SMILES string of the molecule is CC(Oc1cccc(F)c1)C(=O)N1CC(O)CC1C(=O)O. The molecule has 0 spiro atoms. The van der Waals surface area contributed by atoms with Gasteiger partial charge in [0.05, 0.1) is 6.10 Å². The van der Waals surface area contributed by atoms with Crippen LogP contribution in [-0.2, 0) is 9.59 Å². The number of aliphatic carboxylic acids is 1. The highest BCUT2D eigenvalue weighted by atomic mass is 19.1. The smallest absolute Gasteiger partial charge is 0.326 e. The molecule has 1 fully saturated rings. The van der Waals surface area contributed by atoms with E-state index in [2.05, 4.69) is 0 Å². The molecule has 7 heteroatoms. The van der Waals surface area contributed by atoms with Crippen LogP contribution in [0.3, 0.4) is 0 Å². The Balaban J connectivity index is 2.06. The fraction of sp³-hybridized carbons (Fsp3) is 0.429. The zero-order chi connectivity index (χ0) is 15.6. The lowest BCUT2D eigenvalue weighted by molar-refractivity contribution is -0.150. The Morgan fingerprint density at radius 1 is 1.48 bits per heavy atom. The molecule has 0 saturated carbocycles. The van der Waals surface area contributed by atoms with E-state index >= 15 is 0 Å². The molecule has 1 aliphatic heterocycles. The number of ether oxygens (including phenoxy) is 1. The van der Waals surface area contributed by atoms with Gasteiger partial charge < -0.3 is 19.8 Å². The van der Waals surface area contributed by atoms with Crippen LogP contribution in [0.5, 0.6) is 5.75 Å². The molecule has 3 atom stereocenters. The van der Waals surface area contributed by atoms with Crippen molar-refractivity contribution in [3.63, 3.8) is 0 Å². The first kappa shape index (κ1) is 15.2. The Hall–Kier alpha value is -2.15. The third-order valence-electron chi connectivity index (χ3n) is 3.30. The zero-order valence-corrected chi connectivity index (χ0v) is 11.4. The predicted octanol–water partition coefficient (Wildman–Crippen LogP) is 0.639. The number of carbonyl (C=O) groups is 2. The van der Waals surface area contributed by atoms with Crippen LogP contribution >= 0.6 is 0 Å². The minimum absolute atomic E-state index is 0.00619. The van der Waals surface area contributed by atoms with Gasteiger partial charge in [-0.25, -0.2) is 9.18 Å². The number of aliphatic hydroxyl groups excluding tert-OH is 1. The number of rotatable bonds is 4. The van der Waals surface area contributed by atoms with Crippen LogP contribution in [0.25, 0.3) is 0 Å². The van der Waals surface area contributed by atoms with Gasteiger partial charge in [-0.1, -0.05) is 6.07 Å². The van der Waals surface area contributed by atoms with Gasteiger partial charge in [0.15, 0.2) is 6.10 Å². The van der Waals surface area contributed by atoms with Crippen molar-refractivity contribution in [3.8, 4) is 5.75 Å². The van der Waals surface area contributed by atoms with Crippen molar-refractivity contribution in [1.29, 1.82) is 0 Å². The van der Waals surface area contributed by atoms with Crippen molar-refractivity contribution >= 4 is 11.9 Å². The van der Waals surface area contributed by atoms with Crippen LogP contribution in [0.4, 0.5) is 4.39 Å². The predicted molar refractivity (Wildman–Crippen MR) is 70.3 cm³/mol. The molecule has 1 aliphatic rings. The third kappa shape index (κ3) is 3.49. The lowest BCUT2D eigenvalue weighted by Gasteiger charge is -2.25. The maximum atomic E-state index is 13.1. The fourth-order valence-corrected chi connectivity index (χ4v) is 2.32. The quantitative estimate of drug-likeness (QED) is 0.851. The van der Waals surface area contributed by atoms with Crippen molar-refractivity contribution in [2.75, 3.05) is 6.54 Å². The summed E-state index contributed by atoms with van der Waals surface area (Å²) in [5.41, 5.74) is 0. The molecule has 21 heavy (non-hydrogen) atoms. The summed E-state index contributed by atoms with van der Waals surface area (Å²) in [6.07, 6.45) is -1.84.